The Balaban J connectivity index is 1.82. The summed E-state index contributed by atoms with van der Waals surface area (Å²) in [5, 5.41) is 19.3. The van der Waals surface area contributed by atoms with Crippen molar-refractivity contribution in [2.75, 3.05) is 16.3 Å². The molecule has 0 amide bonds. The molecule has 184 valence electrons. The Bertz CT molecular complexity index is 1440. The third-order valence-corrected chi connectivity index (χ3v) is 8.07. The normalized spacial score (nSPS) is 17.5. The molecule has 0 bridgehead atoms. The number of aromatic hydroxyl groups is 1. The maximum absolute atomic E-state index is 13.3. The lowest BCUT2D eigenvalue weighted by Crippen LogP contribution is -2.31. The third-order valence-electron chi connectivity index (χ3n) is 5.97. The summed E-state index contributed by atoms with van der Waals surface area (Å²) < 4.78 is 52.8. The molecule has 10 nitrogen and oxygen atoms in total. The molecule has 3 N–H and O–H groups in total. The number of nitrogens with zero attached hydrogens (tertiary/aromatic N) is 2. The van der Waals surface area contributed by atoms with Gasteiger partial charge in [0.25, 0.3) is 5.56 Å². The second-order valence-electron chi connectivity index (χ2n) is 9.23. The molecule has 2 heterocycles. The Morgan fingerprint density at radius 3 is 2.59 bits per heavy atom. The van der Waals surface area contributed by atoms with Crippen LogP contribution in [0.1, 0.15) is 56.7 Å². The lowest BCUT2D eigenvalue weighted by atomic mass is 9.82. The minimum atomic E-state index is -4.05. The second kappa shape index (κ2) is 8.73. The Morgan fingerprint density at radius 1 is 1.29 bits per heavy atom. The molecule has 1 aromatic carbocycles. The van der Waals surface area contributed by atoms with Gasteiger partial charge in [0.05, 0.1) is 27.9 Å². The van der Waals surface area contributed by atoms with Gasteiger partial charge < -0.3 is 10.4 Å². The van der Waals surface area contributed by atoms with Gasteiger partial charge in [0.1, 0.15) is 11.3 Å². The van der Waals surface area contributed by atoms with Gasteiger partial charge in [-0.25, -0.2) is 21.5 Å². The van der Waals surface area contributed by atoms with Crippen molar-refractivity contribution in [3.63, 3.8) is 0 Å². The van der Waals surface area contributed by atoms with E-state index in [2.05, 4.69) is 15.1 Å². The van der Waals surface area contributed by atoms with E-state index in [-0.39, 0.29) is 39.2 Å². The van der Waals surface area contributed by atoms with Gasteiger partial charge in [-0.2, -0.15) is 5.10 Å². The zero-order chi connectivity index (χ0) is 24.8. The molecule has 1 saturated carbocycles. The highest BCUT2D eigenvalue weighted by atomic mass is 32.2. The fourth-order valence-electron chi connectivity index (χ4n) is 3.97. The first kappa shape index (κ1) is 24.3. The number of aromatic nitrogens is 2. The number of fused-ring (bicyclic) bond motifs is 1. The first-order valence-electron chi connectivity index (χ1n) is 11.1. The van der Waals surface area contributed by atoms with Crippen LogP contribution < -0.4 is 15.6 Å². The quantitative estimate of drug-likeness (QED) is 0.517. The molecule has 0 radical (unpaired) electrons. The number of anilines is 2. The summed E-state index contributed by atoms with van der Waals surface area (Å²) in [7, 11) is -7.65. The number of aryl methyl sites for hydroxylation is 1. The molecule has 0 spiro atoms. The van der Waals surface area contributed by atoms with Crippen LogP contribution >= 0.6 is 0 Å². The van der Waals surface area contributed by atoms with E-state index in [1.54, 1.807) is 0 Å². The molecule has 0 unspecified atom stereocenters. The van der Waals surface area contributed by atoms with E-state index < -0.39 is 25.4 Å². The topological polar surface area (TPSA) is 147 Å². The number of sulfone groups is 1. The van der Waals surface area contributed by atoms with E-state index >= 15 is 0 Å². The van der Waals surface area contributed by atoms with Crippen molar-refractivity contribution in [1.29, 1.82) is 0 Å². The standard InChI is InChI=1S/C22H28N4O6S2/c1-13(2)9-10-26-22(28)19(21(27)20(24-26)14-5-4-6-14)17-12-34(31,32)18-11-15(25-33(3,29)30)7-8-16(18)23-17/h7-8,11-14,23,25,27H,4-6,9-10H2,1-3H3. The van der Waals surface area contributed by atoms with Crippen molar-refractivity contribution in [1.82, 2.24) is 9.78 Å². The lowest BCUT2D eigenvalue weighted by Gasteiger charge is -2.27. The molecule has 12 heteroatoms. The molecule has 1 aliphatic heterocycles. The van der Waals surface area contributed by atoms with Crippen molar-refractivity contribution in [2.45, 2.75) is 56.9 Å². The Kier molecular flexibility index (Phi) is 6.23. The van der Waals surface area contributed by atoms with Gasteiger partial charge in [-0.3, -0.25) is 9.52 Å². The van der Waals surface area contributed by atoms with Crippen molar-refractivity contribution in [2.24, 2.45) is 5.92 Å². The van der Waals surface area contributed by atoms with Crippen LogP contribution in [0, 0.1) is 5.92 Å². The summed E-state index contributed by atoms with van der Waals surface area (Å²) in [5.41, 5.74) is -0.0740. The van der Waals surface area contributed by atoms with Crippen molar-refractivity contribution >= 4 is 36.9 Å². The van der Waals surface area contributed by atoms with Crippen LogP contribution in [0.3, 0.4) is 0 Å². The Labute approximate surface area is 198 Å². The highest BCUT2D eigenvalue weighted by Gasteiger charge is 2.32. The summed E-state index contributed by atoms with van der Waals surface area (Å²) in [4.78, 5) is 13.2. The third kappa shape index (κ3) is 4.83. The van der Waals surface area contributed by atoms with Crippen molar-refractivity contribution in [3.8, 4) is 5.75 Å². The van der Waals surface area contributed by atoms with Crippen LogP contribution in [0.25, 0.3) is 5.70 Å². The zero-order valence-electron chi connectivity index (χ0n) is 19.2. The Morgan fingerprint density at radius 2 is 2.00 bits per heavy atom. The number of hydrogen-bond donors (Lipinski definition) is 3. The van der Waals surface area contributed by atoms with Crippen molar-refractivity contribution in [3.05, 3.63) is 45.2 Å². The molecule has 2 aliphatic rings. The average molecular weight is 509 g/mol. The van der Waals surface area contributed by atoms with E-state index in [0.29, 0.717) is 24.6 Å². The highest BCUT2D eigenvalue weighted by molar-refractivity contribution is 7.94. The summed E-state index contributed by atoms with van der Waals surface area (Å²) in [6.07, 6.45) is 4.34. The maximum atomic E-state index is 13.3. The molecule has 34 heavy (non-hydrogen) atoms. The van der Waals surface area contributed by atoms with Crippen LogP contribution in [0.2, 0.25) is 0 Å². The molecule has 1 aliphatic carbocycles. The van der Waals surface area contributed by atoms with Gasteiger partial charge in [-0.1, -0.05) is 20.3 Å². The van der Waals surface area contributed by atoms with E-state index in [1.165, 1.54) is 22.9 Å². The summed E-state index contributed by atoms with van der Waals surface area (Å²) in [5.74, 6) is 0.0396. The smallest absolute Gasteiger partial charge is 0.279 e. The van der Waals surface area contributed by atoms with Crippen LogP contribution in [-0.4, -0.2) is 38.0 Å². The number of rotatable bonds is 7. The van der Waals surface area contributed by atoms with Crippen molar-refractivity contribution < 1.29 is 21.9 Å². The van der Waals surface area contributed by atoms with Crippen LogP contribution in [0.4, 0.5) is 11.4 Å². The number of benzene rings is 1. The number of sulfonamides is 1. The Hall–Kier alpha value is -2.86. The van der Waals surface area contributed by atoms with E-state index in [4.69, 9.17) is 0 Å². The second-order valence-corrected chi connectivity index (χ2v) is 12.7. The van der Waals surface area contributed by atoms with Gasteiger partial charge in [-0.15, -0.1) is 0 Å². The fraction of sp³-hybridized carbons (Fsp3) is 0.455. The molecular weight excluding hydrogens is 480 g/mol. The van der Waals surface area contributed by atoms with Gasteiger partial charge >= 0.3 is 0 Å². The van der Waals surface area contributed by atoms with Gasteiger partial charge in [-0.05, 0) is 43.4 Å². The monoisotopic (exact) mass is 508 g/mol. The summed E-state index contributed by atoms with van der Waals surface area (Å²) >= 11 is 0. The first-order valence-corrected chi connectivity index (χ1v) is 14.5. The van der Waals surface area contributed by atoms with Crippen LogP contribution in [0.15, 0.2) is 33.3 Å². The molecular formula is C22H28N4O6S2. The number of hydrogen-bond acceptors (Lipinski definition) is 8. The SMILES string of the molecule is CC(C)CCn1nc(C2CCC2)c(O)c(C2=CS(=O)(=O)c3cc(NS(C)(=O)=O)ccc3N2)c1=O. The number of nitrogens with one attached hydrogen (secondary N) is 2. The lowest BCUT2D eigenvalue weighted by molar-refractivity contribution is 0.362. The predicted octanol–water partition coefficient (Wildman–Crippen LogP) is 2.83. The van der Waals surface area contributed by atoms with Crippen LogP contribution in [-0.2, 0) is 26.4 Å². The maximum Gasteiger partial charge on any atom is 0.279 e. The summed E-state index contributed by atoms with van der Waals surface area (Å²) in [6.45, 7) is 4.41. The fourth-order valence-corrected chi connectivity index (χ4v) is 5.85. The van der Waals surface area contributed by atoms with E-state index in [1.807, 2.05) is 13.8 Å². The van der Waals surface area contributed by atoms with Crippen LogP contribution in [0.5, 0.6) is 5.75 Å². The predicted molar refractivity (Wildman–Crippen MR) is 130 cm³/mol. The van der Waals surface area contributed by atoms with E-state index in [9.17, 15) is 26.7 Å². The van der Waals surface area contributed by atoms with E-state index in [0.717, 1.165) is 30.9 Å². The molecule has 2 aromatic rings. The first-order chi connectivity index (χ1) is 15.9. The minimum Gasteiger partial charge on any atom is -0.505 e. The average Bonchev–Trinajstić information content (AvgIpc) is 2.66. The molecule has 4 rings (SSSR count). The van der Waals surface area contributed by atoms with Gasteiger partial charge in [0, 0.05) is 18.2 Å². The summed E-state index contributed by atoms with van der Waals surface area (Å²) in [6, 6.07) is 4.04. The molecule has 0 saturated heterocycles. The molecule has 1 aromatic heterocycles. The molecule has 0 atom stereocenters. The highest BCUT2D eigenvalue weighted by Crippen LogP contribution is 2.42. The van der Waals surface area contributed by atoms with Gasteiger partial charge in [0.15, 0.2) is 5.75 Å². The van der Waals surface area contributed by atoms with Gasteiger partial charge in [0.2, 0.25) is 19.9 Å². The largest absolute Gasteiger partial charge is 0.505 e. The minimum absolute atomic E-state index is 0.0161. The zero-order valence-corrected chi connectivity index (χ0v) is 20.8. The molecule has 1 fully saturated rings.